The maximum atomic E-state index is 12.8. The molecule has 2 heterocycles. The first-order valence-electron chi connectivity index (χ1n) is 12.3. The first-order valence-corrected chi connectivity index (χ1v) is 12.3. The Balaban J connectivity index is 1.82. The first kappa shape index (κ1) is 28.2. The SMILES string of the molecule is C=Nc1[nH]cc(C(=O)NCCNC(=O)C(F)F)c1/C=C(\C)c1ccc(C2CCOCC2)c(CN(C)C)c1. The number of hydrogen-bond acceptors (Lipinski definition) is 5. The molecule has 3 rings (SSSR count). The van der Waals surface area contributed by atoms with Crippen molar-refractivity contribution < 1.29 is 23.1 Å². The quantitative estimate of drug-likeness (QED) is 0.312. The smallest absolute Gasteiger partial charge is 0.315 e. The van der Waals surface area contributed by atoms with E-state index in [1.165, 1.54) is 17.3 Å². The van der Waals surface area contributed by atoms with Crippen LogP contribution in [0.25, 0.3) is 11.6 Å². The Morgan fingerprint density at radius 1 is 1.24 bits per heavy atom. The Morgan fingerprint density at radius 2 is 1.95 bits per heavy atom. The van der Waals surface area contributed by atoms with Crippen LogP contribution in [0.1, 0.15) is 58.3 Å². The van der Waals surface area contributed by atoms with Crippen molar-refractivity contribution in [2.45, 2.75) is 38.7 Å². The molecule has 1 aromatic carbocycles. The first-order chi connectivity index (χ1) is 17.7. The van der Waals surface area contributed by atoms with Crippen molar-refractivity contribution in [3.05, 3.63) is 52.2 Å². The number of nitrogens with zero attached hydrogens (tertiary/aromatic N) is 2. The lowest BCUT2D eigenvalue weighted by Gasteiger charge is -2.26. The van der Waals surface area contributed by atoms with Crippen LogP contribution in [0.3, 0.4) is 0 Å². The molecule has 0 aliphatic carbocycles. The molecule has 0 atom stereocenters. The minimum absolute atomic E-state index is 0.00300. The average Bonchev–Trinajstić information content (AvgIpc) is 3.28. The number of ether oxygens (including phenoxy) is 1. The molecule has 10 heteroatoms. The monoisotopic (exact) mass is 515 g/mol. The number of amides is 2. The summed E-state index contributed by atoms with van der Waals surface area (Å²) in [7, 11) is 4.10. The molecule has 1 aliphatic rings. The van der Waals surface area contributed by atoms with Gasteiger partial charge in [-0.1, -0.05) is 12.1 Å². The lowest BCUT2D eigenvalue weighted by atomic mass is 9.86. The number of alkyl halides is 2. The predicted molar refractivity (Wildman–Crippen MR) is 142 cm³/mol. The van der Waals surface area contributed by atoms with Gasteiger partial charge in [0.05, 0.1) is 5.56 Å². The molecule has 1 aliphatic heterocycles. The van der Waals surface area contributed by atoms with Crippen LogP contribution in [0.2, 0.25) is 0 Å². The number of hydrogen-bond donors (Lipinski definition) is 3. The van der Waals surface area contributed by atoms with Gasteiger partial charge in [0.2, 0.25) is 0 Å². The van der Waals surface area contributed by atoms with E-state index < -0.39 is 18.2 Å². The van der Waals surface area contributed by atoms with Gasteiger partial charge in [-0.3, -0.25) is 9.59 Å². The van der Waals surface area contributed by atoms with Crippen molar-refractivity contribution >= 4 is 36.0 Å². The molecule has 1 saturated heterocycles. The number of aromatic nitrogens is 1. The summed E-state index contributed by atoms with van der Waals surface area (Å²) in [6, 6.07) is 6.51. The Labute approximate surface area is 216 Å². The lowest BCUT2D eigenvalue weighted by Crippen LogP contribution is -2.37. The van der Waals surface area contributed by atoms with Crippen LogP contribution in [0.4, 0.5) is 14.6 Å². The minimum atomic E-state index is -3.09. The molecule has 0 bridgehead atoms. The third-order valence-electron chi connectivity index (χ3n) is 6.32. The summed E-state index contributed by atoms with van der Waals surface area (Å²) < 4.78 is 30.2. The molecule has 0 unspecified atom stereocenters. The number of aromatic amines is 1. The number of rotatable bonds is 11. The van der Waals surface area contributed by atoms with Crippen LogP contribution < -0.4 is 10.6 Å². The standard InChI is InChI=1S/C27H35F2N5O3/c1-17(19-5-6-21(18-7-11-37-12-8-18)20(14-19)16-34(3)4)13-22-23(15-33-25(22)30-2)26(35)31-9-10-32-27(36)24(28)29/h5-6,13-15,18,24,33H,2,7-12,16H2,1,3-4H3,(H,31,35)(H,32,36)/b17-13+. The van der Waals surface area contributed by atoms with Gasteiger partial charge < -0.3 is 25.3 Å². The maximum Gasteiger partial charge on any atom is 0.315 e. The van der Waals surface area contributed by atoms with Crippen LogP contribution in [0.15, 0.2) is 29.4 Å². The van der Waals surface area contributed by atoms with Crippen LogP contribution in [0.5, 0.6) is 0 Å². The van der Waals surface area contributed by atoms with E-state index in [4.69, 9.17) is 4.74 Å². The average molecular weight is 516 g/mol. The minimum Gasteiger partial charge on any atom is -0.381 e. The van der Waals surface area contributed by atoms with Gasteiger partial charge in [0.1, 0.15) is 5.82 Å². The molecule has 1 fully saturated rings. The van der Waals surface area contributed by atoms with Crippen LogP contribution in [0, 0.1) is 0 Å². The fraction of sp³-hybridized carbons (Fsp3) is 0.444. The summed E-state index contributed by atoms with van der Waals surface area (Å²) in [4.78, 5) is 32.9. The number of aliphatic imine (C=N–C) groups is 1. The highest BCUT2D eigenvalue weighted by Gasteiger charge is 2.21. The Kier molecular flexibility index (Phi) is 10.1. The van der Waals surface area contributed by atoms with E-state index in [1.807, 2.05) is 13.0 Å². The number of nitrogens with one attached hydrogen (secondary N) is 3. The highest BCUT2D eigenvalue weighted by Crippen LogP contribution is 2.33. The van der Waals surface area contributed by atoms with Crippen molar-refractivity contribution in [3.8, 4) is 0 Å². The number of carbonyl (C=O) groups excluding carboxylic acids is 2. The Bertz CT molecular complexity index is 1140. The van der Waals surface area contributed by atoms with Crippen molar-refractivity contribution in [3.63, 3.8) is 0 Å². The number of allylic oxidation sites excluding steroid dienone is 1. The zero-order chi connectivity index (χ0) is 26.9. The van der Waals surface area contributed by atoms with Crippen molar-refractivity contribution in [2.24, 2.45) is 4.99 Å². The number of halogens is 2. The van der Waals surface area contributed by atoms with Crippen molar-refractivity contribution in [1.29, 1.82) is 0 Å². The van der Waals surface area contributed by atoms with Crippen LogP contribution in [-0.2, 0) is 16.1 Å². The van der Waals surface area contributed by atoms with E-state index in [2.05, 4.69) is 64.5 Å². The summed E-state index contributed by atoms with van der Waals surface area (Å²) in [5, 5.41) is 4.69. The third kappa shape index (κ3) is 7.56. The summed E-state index contributed by atoms with van der Waals surface area (Å²) in [6.07, 6.45) is 2.34. The van der Waals surface area contributed by atoms with E-state index in [-0.39, 0.29) is 13.1 Å². The lowest BCUT2D eigenvalue weighted by molar-refractivity contribution is -0.131. The highest BCUT2D eigenvalue weighted by atomic mass is 19.3. The second-order valence-corrected chi connectivity index (χ2v) is 9.34. The van der Waals surface area contributed by atoms with Gasteiger partial charge >= 0.3 is 6.43 Å². The molecule has 2 aromatic rings. The topological polar surface area (TPSA) is 98.8 Å². The molecule has 0 saturated carbocycles. The molecule has 0 spiro atoms. The molecule has 0 radical (unpaired) electrons. The molecule has 37 heavy (non-hydrogen) atoms. The molecule has 8 nitrogen and oxygen atoms in total. The zero-order valence-corrected chi connectivity index (χ0v) is 21.6. The fourth-order valence-corrected chi connectivity index (χ4v) is 4.46. The van der Waals surface area contributed by atoms with Gasteiger partial charge in [-0.2, -0.15) is 8.78 Å². The van der Waals surface area contributed by atoms with Crippen LogP contribution >= 0.6 is 0 Å². The summed E-state index contributed by atoms with van der Waals surface area (Å²) >= 11 is 0. The van der Waals surface area contributed by atoms with E-state index >= 15 is 0 Å². The highest BCUT2D eigenvalue weighted by molar-refractivity contribution is 6.01. The fourth-order valence-electron chi connectivity index (χ4n) is 4.46. The third-order valence-corrected chi connectivity index (χ3v) is 6.32. The number of H-pyrrole nitrogens is 1. The van der Waals surface area contributed by atoms with Gasteiger partial charge in [-0.15, -0.1) is 0 Å². The van der Waals surface area contributed by atoms with E-state index in [0.29, 0.717) is 22.9 Å². The summed E-state index contributed by atoms with van der Waals surface area (Å²) in [5.74, 6) is -0.865. The van der Waals surface area contributed by atoms with Crippen LogP contribution in [-0.4, -0.2) is 75.2 Å². The summed E-state index contributed by atoms with van der Waals surface area (Å²) in [5.41, 5.74) is 5.51. The molecule has 1 aromatic heterocycles. The second-order valence-electron chi connectivity index (χ2n) is 9.34. The maximum absolute atomic E-state index is 12.8. The van der Waals surface area contributed by atoms with E-state index in [9.17, 15) is 18.4 Å². The van der Waals surface area contributed by atoms with E-state index in [1.54, 1.807) is 0 Å². The van der Waals surface area contributed by atoms with Gasteiger partial charge in [-0.05, 0) is 80.9 Å². The Hall–Kier alpha value is -3.37. The van der Waals surface area contributed by atoms with Gasteiger partial charge in [0.15, 0.2) is 0 Å². The van der Waals surface area contributed by atoms with Gasteiger partial charge in [0.25, 0.3) is 11.8 Å². The predicted octanol–water partition coefficient (Wildman–Crippen LogP) is 3.97. The van der Waals surface area contributed by atoms with E-state index in [0.717, 1.165) is 43.7 Å². The molecule has 3 N–H and O–H groups in total. The Morgan fingerprint density at radius 3 is 2.59 bits per heavy atom. The van der Waals surface area contributed by atoms with Crippen molar-refractivity contribution in [2.75, 3.05) is 40.4 Å². The van der Waals surface area contributed by atoms with Gasteiger partial charge in [0, 0.05) is 44.6 Å². The normalized spacial score (nSPS) is 14.7. The molecule has 200 valence electrons. The second kappa shape index (κ2) is 13.3. The molecular weight excluding hydrogens is 480 g/mol. The zero-order valence-electron chi connectivity index (χ0n) is 21.6. The largest absolute Gasteiger partial charge is 0.381 e. The molecular formula is C27H35F2N5O3. The number of benzene rings is 1. The van der Waals surface area contributed by atoms with Crippen molar-refractivity contribution in [1.82, 2.24) is 20.5 Å². The summed E-state index contributed by atoms with van der Waals surface area (Å²) in [6.45, 7) is 7.83. The van der Waals surface area contributed by atoms with Gasteiger partial charge in [-0.25, -0.2) is 4.99 Å². The number of carbonyl (C=O) groups is 2. The molecule has 2 amide bonds.